The summed E-state index contributed by atoms with van der Waals surface area (Å²) in [4.78, 5) is 28.0. The summed E-state index contributed by atoms with van der Waals surface area (Å²) in [7, 11) is 0. The highest BCUT2D eigenvalue weighted by Crippen LogP contribution is 2.30. The molecule has 1 aliphatic rings. The maximum Gasteiger partial charge on any atom is 0.259 e. The van der Waals surface area contributed by atoms with E-state index in [-0.39, 0.29) is 22.3 Å². The molecule has 0 saturated carbocycles. The fourth-order valence-electron chi connectivity index (χ4n) is 4.11. The number of aliphatic hydroxyl groups excluding tert-OH is 1. The number of nitrogens with zero attached hydrogens (tertiary/aromatic N) is 3. The molecule has 3 aromatic rings. The van der Waals surface area contributed by atoms with E-state index in [2.05, 4.69) is 10.4 Å². The molecule has 9 heteroatoms. The van der Waals surface area contributed by atoms with Gasteiger partial charge in [-0.25, -0.2) is 4.39 Å². The van der Waals surface area contributed by atoms with Crippen molar-refractivity contribution in [3.8, 4) is 11.3 Å². The normalized spacial score (nSPS) is 14.7. The lowest BCUT2D eigenvalue weighted by atomic mass is 10.0. The van der Waals surface area contributed by atoms with Crippen molar-refractivity contribution in [3.05, 3.63) is 70.6 Å². The first-order chi connectivity index (χ1) is 16.5. The number of amides is 2. The van der Waals surface area contributed by atoms with Crippen molar-refractivity contribution in [3.63, 3.8) is 0 Å². The number of rotatable bonds is 4. The maximum absolute atomic E-state index is 13.5. The van der Waals surface area contributed by atoms with E-state index in [9.17, 15) is 19.1 Å². The lowest BCUT2D eigenvalue weighted by molar-refractivity contribution is 0.0546. The van der Waals surface area contributed by atoms with E-state index >= 15 is 0 Å². The monoisotopic (exact) mass is 498 g/mol. The van der Waals surface area contributed by atoms with E-state index in [1.165, 1.54) is 18.3 Å². The lowest BCUT2D eigenvalue weighted by Gasteiger charge is -2.30. The second kappa shape index (κ2) is 9.79. The topological polar surface area (TPSA) is 87.5 Å². The molecule has 0 spiro atoms. The molecule has 1 aliphatic heterocycles. The second-order valence-corrected chi connectivity index (χ2v) is 10.1. The molecule has 35 heavy (non-hydrogen) atoms. The van der Waals surface area contributed by atoms with Crippen LogP contribution in [-0.2, 0) is 5.54 Å². The van der Waals surface area contributed by atoms with Gasteiger partial charge in [0.1, 0.15) is 5.82 Å². The van der Waals surface area contributed by atoms with E-state index in [1.54, 1.807) is 39.9 Å². The first-order valence-electron chi connectivity index (χ1n) is 11.5. The van der Waals surface area contributed by atoms with Gasteiger partial charge in [0.25, 0.3) is 11.8 Å². The molecule has 184 valence electrons. The summed E-state index contributed by atoms with van der Waals surface area (Å²) in [5.74, 6) is -1.03. The number of aliphatic hydroxyl groups is 1. The van der Waals surface area contributed by atoms with Crippen LogP contribution in [0.15, 0.2) is 48.7 Å². The van der Waals surface area contributed by atoms with Crippen LogP contribution < -0.4 is 5.32 Å². The first kappa shape index (κ1) is 24.9. The number of halogens is 2. The number of piperidine rings is 1. The fraction of sp³-hybridized carbons (Fsp3) is 0.346. The summed E-state index contributed by atoms with van der Waals surface area (Å²) in [6.07, 6.45) is 2.12. The van der Waals surface area contributed by atoms with Gasteiger partial charge in [-0.1, -0.05) is 11.6 Å². The summed E-state index contributed by atoms with van der Waals surface area (Å²) in [6, 6.07) is 10.7. The third-order valence-electron chi connectivity index (χ3n) is 5.97. The van der Waals surface area contributed by atoms with Crippen molar-refractivity contribution in [1.82, 2.24) is 14.7 Å². The largest absolute Gasteiger partial charge is 0.393 e. The molecule has 1 aromatic heterocycles. The predicted octanol–water partition coefficient (Wildman–Crippen LogP) is 4.95. The quantitative estimate of drug-likeness (QED) is 0.533. The van der Waals surface area contributed by atoms with E-state index in [1.807, 2.05) is 20.8 Å². The summed E-state index contributed by atoms with van der Waals surface area (Å²) in [6.45, 7) is 6.78. The standard InChI is InChI=1S/C26H28ClFN4O3/c1-26(2,3)32-23(16-4-6-17(28)7-5-16)21(15-29-32)24(34)30-18-8-9-22(27)20(14-18)25(35)31-12-10-19(33)11-13-31/h4-9,14-15,19,33H,10-13H2,1-3H3,(H,30,34). The first-order valence-corrected chi connectivity index (χ1v) is 11.8. The number of benzene rings is 2. The Balaban J connectivity index is 1.63. The smallest absolute Gasteiger partial charge is 0.259 e. The molecule has 0 bridgehead atoms. The molecule has 0 aliphatic carbocycles. The van der Waals surface area contributed by atoms with Crippen molar-refractivity contribution >= 4 is 29.1 Å². The molecule has 2 amide bonds. The van der Waals surface area contributed by atoms with Gasteiger partial charge in [0.15, 0.2) is 0 Å². The van der Waals surface area contributed by atoms with Crippen molar-refractivity contribution in [1.29, 1.82) is 0 Å². The summed E-state index contributed by atoms with van der Waals surface area (Å²) in [5, 5.41) is 17.3. The molecular formula is C26H28ClFN4O3. The SMILES string of the molecule is CC(C)(C)n1ncc(C(=O)Nc2ccc(Cl)c(C(=O)N3CCC(O)CC3)c2)c1-c1ccc(F)cc1. The average molecular weight is 499 g/mol. The Morgan fingerprint density at radius 3 is 2.37 bits per heavy atom. The molecule has 4 rings (SSSR count). The zero-order valence-corrected chi connectivity index (χ0v) is 20.6. The third kappa shape index (κ3) is 5.39. The van der Waals surface area contributed by atoms with Gasteiger partial charge in [-0.3, -0.25) is 14.3 Å². The van der Waals surface area contributed by atoms with Gasteiger partial charge < -0.3 is 15.3 Å². The number of likely N-dealkylation sites (tertiary alicyclic amines) is 1. The van der Waals surface area contributed by atoms with E-state index < -0.39 is 17.6 Å². The molecule has 7 nitrogen and oxygen atoms in total. The summed E-state index contributed by atoms with van der Waals surface area (Å²) >= 11 is 6.31. The van der Waals surface area contributed by atoms with Crippen LogP contribution in [-0.4, -0.2) is 50.8 Å². The molecule has 2 N–H and O–H groups in total. The van der Waals surface area contributed by atoms with Gasteiger partial charge in [0, 0.05) is 24.3 Å². The number of aromatic nitrogens is 2. The summed E-state index contributed by atoms with van der Waals surface area (Å²) in [5.41, 5.74) is 1.80. The van der Waals surface area contributed by atoms with Crippen molar-refractivity contribution in [2.24, 2.45) is 0 Å². The maximum atomic E-state index is 13.5. The molecule has 2 heterocycles. The van der Waals surface area contributed by atoms with Gasteiger partial charge in [-0.2, -0.15) is 5.10 Å². The molecular weight excluding hydrogens is 471 g/mol. The molecule has 0 unspecified atom stereocenters. The van der Waals surface area contributed by atoms with Crippen molar-refractivity contribution in [2.45, 2.75) is 45.3 Å². The Hall–Kier alpha value is -3.23. The predicted molar refractivity (Wildman–Crippen MR) is 133 cm³/mol. The fourth-order valence-corrected chi connectivity index (χ4v) is 4.31. The van der Waals surface area contributed by atoms with Gasteiger partial charge in [-0.15, -0.1) is 0 Å². The Kier molecular flexibility index (Phi) is 6.96. The molecule has 1 saturated heterocycles. The Labute approximate surface area is 208 Å². The van der Waals surface area contributed by atoms with Crippen molar-refractivity contribution in [2.75, 3.05) is 18.4 Å². The van der Waals surface area contributed by atoms with Crippen LogP contribution in [0.4, 0.5) is 10.1 Å². The highest BCUT2D eigenvalue weighted by molar-refractivity contribution is 6.34. The number of hydrogen-bond acceptors (Lipinski definition) is 4. The zero-order valence-electron chi connectivity index (χ0n) is 19.9. The lowest BCUT2D eigenvalue weighted by Crippen LogP contribution is -2.40. The van der Waals surface area contributed by atoms with Crippen molar-refractivity contribution < 1.29 is 19.1 Å². The minimum Gasteiger partial charge on any atom is -0.393 e. The van der Waals surface area contributed by atoms with Crippen LogP contribution in [0.3, 0.4) is 0 Å². The number of hydrogen-bond donors (Lipinski definition) is 2. The molecule has 1 fully saturated rings. The highest BCUT2D eigenvalue weighted by atomic mass is 35.5. The van der Waals surface area contributed by atoms with Crippen LogP contribution in [0.2, 0.25) is 5.02 Å². The molecule has 2 aromatic carbocycles. The van der Waals surface area contributed by atoms with E-state index in [0.29, 0.717) is 48.4 Å². The van der Waals surface area contributed by atoms with Crippen LogP contribution >= 0.6 is 11.6 Å². The zero-order chi connectivity index (χ0) is 25.3. The minimum atomic E-state index is -0.426. The van der Waals surface area contributed by atoms with Gasteiger partial charge in [0.2, 0.25) is 0 Å². The van der Waals surface area contributed by atoms with Gasteiger partial charge >= 0.3 is 0 Å². The third-order valence-corrected chi connectivity index (χ3v) is 6.30. The number of carbonyl (C=O) groups excluding carboxylic acids is 2. The van der Waals surface area contributed by atoms with Gasteiger partial charge in [-0.05, 0) is 76.1 Å². The Morgan fingerprint density at radius 2 is 1.74 bits per heavy atom. The second-order valence-electron chi connectivity index (χ2n) is 9.67. The van der Waals surface area contributed by atoms with Crippen LogP contribution in [0.1, 0.15) is 54.3 Å². The molecule has 0 atom stereocenters. The number of anilines is 1. The highest BCUT2D eigenvalue weighted by Gasteiger charge is 2.27. The average Bonchev–Trinajstić information content (AvgIpc) is 3.27. The number of carbonyl (C=O) groups is 2. The van der Waals surface area contributed by atoms with E-state index in [4.69, 9.17) is 11.6 Å². The van der Waals surface area contributed by atoms with Crippen LogP contribution in [0.25, 0.3) is 11.3 Å². The minimum absolute atomic E-state index is 0.245. The molecule has 0 radical (unpaired) electrons. The van der Waals surface area contributed by atoms with Crippen LogP contribution in [0, 0.1) is 5.82 Å². The Bertz CT molecular complexity index is 1240. The number of nitrogens with one attached hydrogen (secondary N) is 1. The van der Waals surface area contributed by atoms with Crippen LogP contribution in [0.5, 0.6) is 0 Å². The Morgan fingerprint density at radius 1 is 1.09 bits per heavy atom. The summed E-state index contributed by atoms with van der Waals surface area (Å²) < 4.78 is 15.3. The van der Waals surface area contributed by atoms with Gasteiger partial charge in [0.05, 0.1) is 39.7 Å². The van der Waals surface area contributed by atoms with E-state index in [0.717, 1.165) is 0 Å².